The molecular weight excluding hydrogens is 543 g/mol. The van der Waals surface area contributed by atoms with Crippen molar-refractivity contribution in [2.24, 2.45) is 0 Å². The van der Waals surface area contributed by atoms with E-state index in [9.17, 15) is 14.0 Å². The van der Waals surface area contributed by atoms with Gasteiger partial charge in [0, 0.05) is 42.9 Å². The number of urea groups is 1. The SMILES string of the molecule is O=C(CN(CCN1CCOCC1)C(=O)Nc1ccc(Br)cc1)N(Cc1ccc(F)cc1)Cc1ccco1. The monoisotopic (exact) mass is 572 g/mol. The molecular formula is C27H30BrFN4O4. The van der Waals surface area contributed by atoms with Gasteiger partial charge in [-0.25, -0.2) is 9.18 Å². The van der Waals surface area contributed by atoms with Crippen LogP contribution in [0.2, 0.25) is 0 Å². The van der Waals surface area contributed by atoms with Crippen LogP contribution >= 0.6 is 15.9 Å². The Labute approximate surface area is 224 Å². The third-order valence-corrected chi connectivity index (χ3v) is 6.59. The molecule has 3 amide bonds. The summed E-state index contributed by atoms with van der Waals surface area (Å²) in [6.45, 7) is 4.24. The van der Waals surface area contributed by atoms with E-state index in [0.29, 0.717) is 37.8 Å². The summed E-state index contributed by atoms with van der Waals surface area (Å²) in [5.74, 6) is 0.0369. The minimum Gasteiger partial charge on any atom is -0.467 e. The summed E-state index contributed by atoms with van der Waals surface area (Å²) in [5, 5.41) is 2.89. The van der Waals surface area contributed by atoms with Crippen molar-refractivity contribution in [3.63, 3.8) is 0 Å². The molecule has 1 fully saturated rings. The normalized spacial score (nSPS) is 13.8. The molecule has 0 unspecified atom stereocenters. The van der Waals surface area contributed by atoms with E-state index in [2.05, 4.69) is 26.1 Å². The molecule has 0 saturated carbocycles. The van der Waals surface area contributed by atoms with Crippen molar-refractivity contribution in [3.8, 4) is 0 Å². The van der Waals surface area contributed by atoms with Crippen LogP contribution in [0.5, 0.6) is 0 Å². The topological polar surface area (TPSA) is 78.3 Å². The molecule has 1 aliphatic heterocycles. The Balaban J connectivity index is 1.48. The summed E-state index contributed by atoms with van der Waals surface area (Å²) >= 11 is 3.40. The summed E-state index contributed by atoms with van der Waals surface area (Å²) in [5.41, 5.74) is 1.41. The van der Waals surface area contributed by atoms with E-state index in [1.165, 1.54) is 17.0 Å². The standard InChI is InChI=1S/C27H30BrFN4O4/c28-22-5-9-24(10-6-22)30-27(35)32(12-11-31-13-16-36-17-14-31)20-26(34)33(19-25-2-1-15-37-25)18-21-3-7-23(29)8-4-21/h1-10,15H,11-14,16-20H2,(H,30,35). The number of nitrogens with one attached hydrogen (secondary N) is 1. The lowest BCUT2D eigenvalue weighted by molar-refractivity contribution is -0.133. The smallest absolute Gasteiger partial charge is 0.322 e. The Morgan fingerprint density at radius 3 is 2.38 bits per heavy atom. The van der Waals surface area contributed by atoms with Gasteiger partial charge in [0.1, 0.15) is 18.1 Å². The van der Waals surface area contributed by atoms with Crippen LogP contribution in [0.1, 0.15) is 11.3 Å². The quantitative estimate of drug-likeness (QED) is 0.385. The van der Waals surface area contributed by atoms with Gasteiger partial charge in [0.15, 0.2) is 0 Å². The van der Waals surface area contributed by atoms with Crippen LogP contribution in [-0.4, -0.2) is 72.6 Å². The highest BCUT2D eigenvalue weighted by atomic mass is 79.9. The van der Waals surface area contributed by atoms with Gasteiger partial charge in [0.2, 0.25) is 5.91 Å². The minimum absolute atomic E-state index is 0.116. The first-order valence-corrected chi connectivity index (χ1v) is 12.9. The summed E-state index contributed by atoms with van der Waals surface area (Å²) in [7, 11) is 0. The molecule has 2 heterocycles. The van der Waals surface area contributed by atoms with Crippen LogP contribution in [0.25, 0.3) is 0 Å². The minimum atomic E-state index is -0.358. The van der Waals surface area contributed by atoms with Gasteiger partial charge in [-0.3, -0.25) is 9.69 Å². The lowest BCUT2D eigenvalue weighted by atomic mass is 10.2. The predicted molar refractivity (Wildman–Crippen MR) is 141 cm³/mol. The first-order valence-electron chi connectivity index (χ1n) is 12.1. The number of carbonyl (C=O) groups excluding carboxylic acids is 2. The van der Waals surface area contributed by atoms with E-state index >= 15 is 0 Å². The van der Waals surface area contributed by atoms with E-state index in [4.69, 9.17) is 9.15 Å². The van der Waals surface area contributed by atoms with Gasteiger partial charge < -0.3 is 24.3 Å². The number of halogens is 2. The molecule has 0 spiro atoms. The maximum atomic E-state index is 13.6. The number of morpholine rings is 1. The van der Waals surface area contributed by atoms with Crippen molar-refractivity contribution in [2.45, 2.75) is 13.1 Å². The molecule has 2 aromatic carbocycles. The molecule has 0 bridgehead atoms. The lowest BCUT2D eigenvalue weighted by Gasteiger charge is -2.31. The molecule has 37 heavy (non-hydrogen) atoms. The average Bonchev–Trinajstić information content (AvgIpc) is 3.42. The number of nitrogens with zero attached hydrogens (tertiary/aromatic N) is 3. The predicted octanol–water partition coefficient (Wildman–Crippen LogP) is 4.58. The fraction of sp³-hybridized carbons (Fsp3) is 0.333. The molecule has 4 rings (SSSR count). The Morgan fingerprint density at radius 1 is 0.973 bits per heavy atom. The van der Waals surface area contributed by atoms with E-state index in [1.807, 2.05) is 12.1 Å². The maximum Gasteiger partial charge on any atom is 0.322 e. The van der Waals surface area contributed by atoms with Gasteiger partial charge >= 0.3 is 6.03 Å². The molecule has 1 aliphatic rings. The molecule has 8 nitrogen and oxygen atoms in total. The number of hydrogen-bond acceptors (Lipinski definition) is 5. The van der Waals surface area contributed by atoms with Gasteiger partial charge in [0.25, 0.3) is 0 Å². The van der Waals surface area contributed by atoms with E-state index in [-0.39, 0.29) is 37.4 Å². The van der Waals surface area contributed by atoms with Crippen molar-refractivity contribution < 1.29 is 23.1 Å². The van der Waals surface area contributed by atoms with Gasteiger partial charge in [-0.15, -0.1) is 0 Å². The number of hydrogen-bond donors (Lipinski definition) is 1. The van der Waals surface area contributed by atoms with Crippen LogP contribution in [0.4, 0.5) is 14.9 Å². The van der Waals surface area contributed by atoms with Gasteiger partial charge in [-0.2, -0.15) is 0 Å². The number of furan rings is 1. The summed E-state index contributed by atoms with van der Waals surface area (Å²) in [4.78, 5) is 32.2. The second-order valence-electron chi connectivity index (χ2n) is 8.77. The van der Waals surface area contributed by atoms with Crippen molar-refractivity contribution in [1.29, 1.82) is 0 Å². The van der Waals surface area contributed by atoms with Crippen LogP contribution in [-0.2, 0) is 22.6 Å². The van der Waals surface area contributed by atoms with E-state index in [1.54, 1.807) is 47.6 Å². The highest BCUT2D eigenvalue weighted by Crippen LogP contribution is 2.16. The second kappa shape index (κ2) is 13.4. The zero-order valence-corrected chi connectivity index (χ0v) is 22.0. The zero-order valence-electron chi connectivity index (χ0n) is 20.4. The zero-order chi connectivity index (χ0) is 26.0. The summed E-state index contributed by atoms with van der Waals surface area (Å²) < 4.78 is 25.2. The molecule has 0 radical (unpaired) electrons. The Hall–Kier alpha value is -3.21. The van der Waals surface area contributed by atoms with Crippen LogP contribution in [0, 0.1) is 5.82 Å². The highest BCUT2D eigenvalue weighted by Gasteiger charge is 2.24. The molecule has 10 heteroatoms. The Bertz CT molecular complexity index is 1140. The van der Waals surface area contributed by atoms with Gasteiger partial charge in [0.05, 0.1) is 26.0 Å². The van der Waals surface area contributed by atoms with Crippen molar-refractivity contribution >= 4 is 33.6 Å². The lowest BCUT2D eigenvalue weighted by Crippen LogP contribution is -2.48. The largest absolute Gasteiger partial charge is 0.467 e. The molecule has 1 aromatic heterocycles. The number of amides is 3. The molecule has 196 valence electrons. The molecule has 0 aliphatic carbocycles. The highest BCUT2D eigenvalue weighted by molar-refractivity contribution is 9.10. The number of benzene rings is 2. The summed E-state index contributed by atoms with van der Waals surface area (Å²) in [6.07, 6.45) is 1.55. The molecule has 3 aromatic rings. The second-order valence-corrected chi connectivity index (χ2v) is 9.68. The first kappa shape index (κ1) is 26.8. The van der Waals surface area contributed by atoms with Crippen LogP contribution in [0.15, 0.2) is 75.8 Å². The average molecular weight is 573 g/mol. The number of ether oxygens (including phenoxy) is 1. The van der Waals surface area contributed by atoms with Gasteiger partial charge in [-0.1, -0.05) is 28.1 Å². The van der Waals surface area contributed by atoms with E-state index < -0.39 is 0 Å². The number of anilines is 1. The van der Waals surface area contributed by atoms with E-state index in [0.717, 1.165) is 23.1 Å². The Kier molecular flexibility index (Phi) is 9.70. The number of rotatable bonds is 10. The molecule has 1 N–H and O–H groups in total. The Morgan fingerprint density at radius 2 is 1.70 bits per heavy atom. The summed E-state index contributed by atoms with van der Waals surface area (Å²) in [6, 6.07) is 16.5. The van der Waals surface area contributed by atoms with Gasteiger partial charge in [-0.05, 0) is 54.1 Å². The first-order chi connectivity index (χ1) is 18.0. The number of carbonyl (C=O) groups is 2. The van der Waals surface area contributed by atoms with Crippen LogP contribution < -0.4 is 5.32 Å². The third-order valence-electron chi connectivity index (χ3n) is 6.06. The molecule has 1 saturated heterocycles. The van der Waals surface area contributed by atoms with Crippen molar-refractivity contribution in [2.75, 3.05) is 51.3 Å². The fourth-order valence-electron chi connectivity index (χ4n) is 3.97. The maximum absolute atomic E-state index is 13.6. The third kappa shape index (κ3) is 8.41. The van der Waals surface area contributed by atoms with Crippen molar-refractivity contribution in [3.05, 3.63) is 88.5 Å². The van der Waals surface area contributed by atoms with Crippen LogP contribution in [0.3, 0.4) is 0 Å². The fourth-order valence-corrected chi connectivity index (χ4v) is 4.24. The van der Waals surface area contributed by atoms with Crippen molar-refractivity contribution in [1.82, 2.24) is 14.7 Å². The molecule has 0 atom stereocenters.